The number of aliphatic hydroxyl groups excluding tert-OH is 3. The Morgan fingerprint density at radius 2 is 1.74 bits per heavy atom. The Bertz CT molecular complexity index is 1070. The molecule has 0 fully saturated rings. The molecule has 5 N–H and O–H groups in total. The summed E-state index contributed by atoms with van der Waals surface area (Å²) in [7, 11) is 1.59. The molecule has 0 atom stereocenters. The minimum Gasteiger partial charge on any atom is -0.503 e. The lowest BCUT2D eigenvalue weighted by Gasteiger charge is -2.21. The van der Waals surface area contributed by atoms with Gasteiger partial charge in [0.05, 0.1) is 7.11 Å². The highest BCUT2D eigenvalue weighted by Gasteiger charge is 2.29. The summed E-state index contributed by atoms with van der Waals surface area (Å²) in [5.41, 5.74) is 2.96. The Balaban J connectivity index is 1.78. The summed E-state index contributed by atoms with van der Waals surface area (Å²) < 4.78 is 5.28. The van der Waals surface area contributed by atoms with Crippen molar-refractivity contribution in [1.29, 1.82) is 0 Å². The van der Waals surface area contributed by atoms with Crippen molar-refractivity contribution < 1.29 is 20.1 Å². The van der Waals surface area contributed by atoms with Gasteiger partial charge in [-0.15, -0.1) is 10.2 Å². The molecule has 0 saturated heterocycles. The standard InChI is InChI=1S/C18H15N5O4/c1-27-13-4-2-3-9(8-13)10-5-11(18-20-22-23-21-18)7-12(6-10)19-14-15(24)17(26)16(14)25/h2-8,19,24-26H,1H3,(H,20,21,22,23). The molecule has 9 nitrogen and oxygen atoms in total. The van der Waals surface area contributed by atoms with Gasteiger partial charge in [-0.25, -0.2) is 0 Å². The Morgan fingerprint density at radius 1 is 0.926 bits per heavy atom. The number of benzene rings is 2. The van der Waals surface area contributed by atoms with Crippen LogP contribution < -0.4 is 10.1 Å². The van der Waals surface area contributed by atoms with E-state index in [1.54, 1.807) is 13.2 Å². The first-order chi connectivity index (χ1) is 13.1. The molecule has 136 valence electrons. The monoisotopic (exact) mass is 365 g/mol. The number of anilines is 1. The number of aliphatic hydroxyl groups is 3. The van der Waals surface area contributed by atoms with Gasteiger partial charge in [0.25, 0.3) is 0 Å². The fourth-order valence-corrected chi connectivity index (χ4v) is 2.74. The topological polar surface area (TPSA) is 136 Å². The molecule has 0 bridgehead atoms. The van der Waals surface area contributed by atoms with Crippen molar-refractivity contribution in [3.8, 4) is 28.3 Å². The van der Waals surface area contributed by atoms with Crippen LogP contribution in [0.15, 0.2) is 65.4 Å². The van der Waals surface area contributed by atoms with E-state index >= 15 is 0 Å². The van der Waals surface area contributed by atoms with E-state index in [-0.39, 0.29) is 5.70 Å². The second-order valence-corrected chi connectivity index (χ2v) is 5.81. The number of aromatic amines is 1. The highest BCUT2D eigenvalue weighted by Crippen LogP contribution is 2.34. The van der Waals surface area contributed by atoms with Gasteiger partial charge < -0.3 is 25.4 Å². The number of rotatable bonds is 5. The zero-order valence-electron chi connectivity index (χ0n) is 14.1. The third kappa shape index (κ3) is 2.91. The maximum Gasteiger partial charge on any atom is 0.205 e. The van der Waals surface area contributed by atoms with Crippen molar-refractivity contribution in [3.63, 3.8) is 0 Å². The predicted molar refractivity (Wildman–Crippen MR) is 97.2 cm³/mol. The van der Waals surface area contributed by atoms with Crippen LogP contribution in [0.4, 0.5) is 5.69 Å². The molecule has 1 aliphatic carbocycles. The van der Waals surface area contributed by atoms with Crippen LogP contribution in [-0.2, 0) is 0 Å². The lowest BCUT2D eigenvalue weighted by Crippen LogP contribution is -2.18. The number of tetrazole rings is 1. The minimum absolute atomic E-state index is 0.0364. The zero-order valence-corrected chi connectivity index (χ0v) is 14.1. The average molecular weight is 365 g/mol. The second kappa shape index (κ2) is 6.37. The van der Waals surface area contributed by atoms with Gasteiger partial charge >= 0.3 is 0 Å². The minimum atomic E-state index is -0.542. The van der Waals surface area contributed by atoms with Gasteiger partial charge in [-0.2, -0.15) is 5.21 Å². The number of hydrogen-bond acceptors (Lipinski definition) is 8. The molecule has 9 heteroatoms. The Labute approximate surface area is 153 Å². The van der Waals surface area contributed by atoms with Gasteiger partial charge in [-0.05, 0) is 46.7 Å². The quantitative estimate of drug-likeness (QED) is 0.465. The predicted octanol–water partition coefficient (Wildman–Crippen LogP) is 3.07. The SMILES string of the molecule is COc1cccc(-c2cc(NC3=C(O)C(O)=C3O)cc(-c3nn[nH]n3)c2)c1. The maximum atomic E-state index is 9.71. The third-order valence-corrected chi connectivity index (χ3v) is 4.13. The summed E-state index contributed by atoms with van der Waals surface area (Å²) in [6.45, 7) is 0. The van der Waals surface area contributed by atoms with E-state index in [2.05, 4.69) is 25.9 Å². The molecular formula is C18H15N5O4. The summed E-state index contributed by atoms with van der Waals surface area (Å²) >= 11 is 0. The fraction of sp³-hybridized carbons (Fsp3) is 0.0556. The first-order valence-corrected chi connectivity index (χ1v) is 7.93. The highest BCUT2D eigenvalue weighted by molar-refractivity contribution is 5.77. The van der Waals surface area contributed by atoms with E-state index in [0.717, 1.165) is 11.1 Å². The van der Waals surface area contributed by atoms with Crippen molar-refractivity contribution in [2.24, 2.45) is 0 Å². The summed E-state index contributed by atoms with van der Waals surface area (Å²) in [5.74, 6) is -0.255. The van der Waals surface area contributed by atoms with E-state index in [0.29, 0.717) is 22.8 Å². The van der Waals surface area contributed by atoms with Gasteiger partial charge in [0.1, 0.15) is 11.4 Å². The summed E-state index contributed by atoms with van der Waals surface area (Å²) in [5, 5.41) is 45.6. The van der Waals surface area contributed by atoms with Crippen molar-refractivity contribution >= 4 is 5.69 Å². The molecule has 1 aromatic heterocycles. The number of aromatic nitrogens is 4. The molecule has 0 saturated carbocycles. The normalized spacial score (nSPS) is 13.5. The summed E-state index contributed by atoms with van der Waals surface area (Å²) in [6.07, 6.45) is 0. The van der Waals surface area contributed by atoms with Crippen LogP contribution in [0.5, 0.6) is 5.75 Å². The van der Waals surface area contributed by atoms with Crippen molar-refractivity contribution in [2.75, 3.05) is 12.4 Å². The van der Waals surface area contributed by atoms with Crippen LogP contribution in [0.1, 0.15) is 0 Å². The van der Waals surface area contributed by atoms with Crippen LogP contribution in [0.3, 0.4) is 0 Å². The second-order valence-electron chi connectivity index (χ2n) is 5.81. The molecule has 1 heterocycles. The first kappa shape index (κ1) is 16.5. The number of H-pyrrole nitrogens is 1. The van der Waals surface area contributed by atoms with E-state index in [4.69, 9.17) is 4.74 Å². The fourth-order valence-electron chi connectivity index (χ4n) is 2.74. The molecule has 1 aliphatic rings. The lowest BCUT2D eigenvalue weighted by molar-refractivity contribution is 0.257. The molecule has 0 radical (unpaired) electrons. The average Bonchev–Trinajstić information content (AvgIpc) is 3.26. The molecule has 2 aromatic carbocycles. The van der Waals surface area contributed by atoms with Gasteiger partial charge in [-0.3, -0.25) is 0 Å². The van der Waals surface area contributed by atoms with E-state index in [1.807, 2.05) is 36.4 Å². The number of nitrogens with one attached hydrogen (secondary N) is 2. The van der Waals surface area contributed by atoms with E-state index in [1.165, 1.54) is 0 Å². The van der Waals surface area contributed by atoms with E-state index < -0.39 is 17.3 Å². The van der Waals surface area contributed by atoms with Gasteiger partial charge in [0.2, 0.25) is 11.6 Å². The molecule has 0 amide bonds. The summed E-state index contributed by atoms with van der Waals surface area (Å²) in [4.78, 5) is 0. The largest absolute Gasteiger partial charge is 0.503 e. The van der Waals surface area contributed by atoms with Crippen LogP contribution in [0.2, 0.25) is 0 Å². The van der Waals surface area contributed by atoms with Crippen molar-refractivity contribution in [1.82, 2.24) is 20.6 Å². The molecule has 4 rings (SSSR count). The number of nitrogens with zero attached hydrogens (tertiary/aromatic N) is 3. The van der Waals surface area contributed by atoms with Crippen LogP contribution in [-0.4, -0.2) is 43.1 Å². The Hall–Kier alpha value is -4.01. The number of hydrogen-bond donors (Lipinski definition) is 5. The Morgan fingerprint density at radius 3 is 2.44 bits per heavy atom. The van der Waals surface area contributed by atoms with Crippen molar-refractivity contribution in [3.05, 3.63) is 65.4 Å². The first-order valence-electron chi connectivity index (χ1n) is 7.93. The lowest BCUT2D eigenvalue weighted by atomic mass is 10.0. The van der Waals surface area contributed by atoms with E-state index in [9.17, 15) is 15.3 Å². The smallest absolute Gasteiger partial charge is 0.205 e. The molecule has 0 unspecified atom stereocenters. The molecule has 0 aliphatic heterocycles. The molecule has 0 spiro atoms. The number of ether oxygens (including phenoxy) is 1. The van der Waals surface area contributed by atoms with Crippen molar-refractivity contribution in [2.45, 2.75) is 0 Å². The van der Waals surface area contributed by atoms with Gasteiger partial charge in [0, 0.05) is 11.3 Å². The van der Waals surface area contributed by atoms with Crippen LogP contribution in [0.25, 0.3) is 22.5 Å². The zero-order chi connectivity index (χ0) is 19.0. The van der Waals surface area contributed by atoms with Crippen LogP contribution in [0, 0.1) is 0 Å². The Kier molecular flexibility index (Phi) is 3.88. The molecule has 27 heavy (non-hydrogen) atoms. The number of methoxy groups -OCH3 is 1. The van der Waals surface area contributed by atoms with Gasteiger partial charge in [0.15, 0.2) is 11.5 Å². The van der Waals surface area contributed by atoms with Gasteiger partial charge in [-0.1, -0.05) is 12.1 Å². The highest BCUT2D eigenvalue weighted by atomic mass is 16.5. The third-order valence-electron chi connectivity index (χ3n) is 4.13. The van der Waals surface area contributed by atoms with Crippen LogP contribution >= 0.6 is 0 Å². The maximum absolute atomic E-state index is 9.71. The summed E-state index contributed by atoms with van der Waals surface area (Å²) in [6, 6.07) is 12.9. The molecular weight excluding hydrogens is 350 g/mol. The molecule has 3 aromatic rings.